The Labute approximate surface area is 121 Å². The standard InChI is InChI=1S/C16H24N4/c1-5-13(3)20-10-9-14(19-20)11-16(17-4)15-8-6-7-12(2)18-15/h6-10,13,16-17H,5,11H2,1-4H3. The normalized spacial score (nSPS) is 14.2. The largest absolute Gasteiger partial charge is 0.311 e. The smallest absolute Gasteiger partial charge is 0.0644 e. The number of aryl methyl sites for hydroxylation is 1. The molecule has 0 radical (unpaired) electrons. The van der Waals surface area contributed by atoms with Crippen molar-refractivity contribution in [2.45, 2.75) is 45.7 Å². The van der Waals surface area contributed by atoms with Crippen LogP contribution in [0.4, 0.5) is 0 Å². The summed E-state index contributed by atoms with van der Waals surface area (Å²) in [6.45, 7) is 6.39. The Kier molecular flexibility index (Phi) is 4.90. The van der Waals surface area contributed by atoms with Gasteiger partial charge in [0, 0.05) is 24.4 Å². The summed E-state index contributed by atoms with van der Waals surface area (Å²) >= 11 is 0. The van der Waals surface area contributed by atoms with E-state index in [1.807, 2.05) is 24.7 Å². The van der Waals surface area contributed by atoms with Crippen molar-refractivity contribution < 1.29 is 0 Å². The Morgan fingerprint density at radius 2 is 2.10 bits per heavy atom. The fraction of sp³-hybridized carbons (Fsp3) is 0.500. The summed E-state index contributed by atoms with van der Waals surface area (Å²) in [5.41, 5.74) is 3.23. The van der Waals surface area contributed by atoms with E-state index >= 15 is 0 Å². The van der Waals surface area contributed by atoms with Crippen molar-refractivity contribution in [3.63, 3.8) is 0 Å². The van der Waals surface area contributed by atoms with Crippen LogP contribution in [0.5, 0.6) is 0 Å². The highest BCUT2D eigenvalue weighted by Crippen LogP contribution is 2.17. The molecule has 0 saturated heterocycles. The number of pyridine rings is 1. The number of aromatic nitrogens is 3. The van der Waals surface area contributed by atoms with Gasteiger partial charge in [-0.05, 0) is 45.5 Å². The summed E-state index contributed by atoms with van der Waals surface area (Å²) in [6.07, 6.45) is 4.02. The summed E-state index contributed by atoms with van der Waals surface area (Å²) in [4.78, 5) is 4.60. The Morgan fingerprint density at radius 1 is 1.30 bits per heavy atom. The van der Waals surface area contributed by atoms with Crippen LogP contribution in [0, 0.1) is 6.92 Å². The highest BCUT2D eigenvalue weighted by molar-refractivity contribution is 5.16. The molecule has 1 N–H and O–H groups in total. The molecule has 2 unspecified atom stereocenters. The molecule has 20 heavy (non-hydrogen) atoms. The lowest BCUT2D eigenvalue weighted by Crippen LogP contribution is -2.20. The predicted octanol–water partition coefficient (Wildman–Crippen LogP) is 3.06. The molecule has 108 valence electrons. The minimum atomic E-state index is 0.204. The molecule has 4 nitrogen and oxygen atoms in total. The third-order valence-corrected chi connectivity index (χ3v) is 3.73. The van der Waals surface area contributed by atoms with Crippen molar-refractivity contribution in [2.75, 3.05) is 7.05 Å². The van der Waals surface area contributed by atoms with E-state index in [9.17, 15) is 0 Å². The second-order valence-electron chi connectivity index (χ2n) is 5.29. The first-order valence-corrected chi connectivity index (χ1v) is 7.29. The summed E-state index contributed by atoms with van der Waals surface area (Å²) in [7, 11) is 1.97. The molecule has 0 aliphatic carbocycles. The molecule has 0 aliphatic rings. The Bertz CT molecular complexity index is 547. The van der Waals surface area contributed by atoms with Gasteiger partial charge in [0.1, 0.15) is 0 Å². The van der Waals surface area contributed by atoms with E-state index in [1.54, 1.807) is 0 Å². The summed E-state index contributed by atoms with van der Waals surface area (Å²) < 4.78 is 2.05. The van der Waals surface area contributed by atoms with Crippen molar-refractivity contribution >= 4 is 0 Å². The molecule has 0 aromatic carbocycles. The monoisotopic (exact) mass is 272 g/mol. The van der Waals surface area contributed by atoms with Gasteiger partial charge in [0.15, 0.2) is 0 Å². The lowest BCUT2D eigenvalue weighted by Gasteiger charge is -2.15. The van der Waals surface area contributed by atoms with Crippen LogP contribution in [0.15, 0.2) is 30.5 Å². The number of hydrogen-bond donors (Lipinski definition) is 1. The SMILES string of the molecule is CCC(C)n1ccc(CC(NC)c2cccc(C)n2)n1. The Morgan fingerprint density at radius 3 is 2.75 bits per heavy atom. The van der Waals surface area contributed by atoms with Crippen LogP contribution in [0.3, 0.4) is 0 Å². The van der Waals surface area contributed by atoms with Gasteiger partial charge in [-0.2, -0.15) is 5.10 Å². The first-order chi connectivity index (χ1) is 9.63. The van der Waals surface area contributed by atoms with Crippen molar-refractivity contribution in [1.29, 1.82) is 0 Å². The molecule has 2 aromatic heterocycles. The molecule has 2 heterocycles. The van der Waals surface area contributed by atoms with Crippen molar-refractivity contribution in [1.82, 2.24) is 20.1 Å². The van der Waals surface area contributed by atoms with E-state index in [0.717, 1.165) is 29.9 Å². The number of nitrogens with zero attached hydrogens (tertiary/aromatic N) is 3. The maximum atomic E-state index is 4.67. The highest BCUT2D eigenvalue weighted by atomic mass is 15.3. The average Bonchev–Trinajstić information content (AvgIpc) is 2.92. The maximum absolute atomic E-state index is 4.67. The Hall–Kier alpha value is -1.68. The van der Waals surface area contributed by atoms with E-state index in [0.29, 0.717) is 6.04 Å². The quantitative estimate of drug-likeness (QED) is 0.879. The maximum Gasteiger partial charge on any atom is 0.0644 e. The van der Waals surface area contributed by atoms with Gasteiger partial charge in [-0.15, -0.1) is 0 Å². The van der Waals surface area contributed by atoms with E-state index in [4.69, 9.17) is 0 Å². The molecular weight excluding hydrogens is 248 g/mol. The van der Waals surface area contributed by atoms with Crippen LogP contribution in [0.2, 0.25) is 0 Å². The lowest BCUT2D eigenvalue weighted by atomic mass is 10.1. The second kappa shape index (κ2) is 6.66. The van der Waals surface area contributed by atoms with Gasteiger partial charge >= 0.3 is 0 Å². The minimum Gasteiger partial charge on any atom is -0.311 e. The molecule has 2 atom stereocenters. The highest BCUT2D eigenvalue weighted by Gasteiger charge is 2.14. The van der Waals surface area contributed by atoms with Crippen LogP contribution < -0.4 is 5.32 Å². The zero-order valence-electron chi connectivity index (χ0n) is 12.8. The number of likely N-dealkylation sites (N-methyl/N-ethyl adjacent to an activating group) is 1. The predicted molar refractivity (Wildman–Crippen MR) is 81.7 cm³/mol. The van der Waals surface area contributed by atoms with Gasteiger partial charge < -0.3 is 5.32 Å². The molecule has 0 spiro atoms. The molecule has 2 aromatic rings. The molecule has 0 saturated carbocycles. The van der Waals surface area contributed by atoms with Crippen LogP contribution in [0.25, 0.3) is 0 Å². The summed E-state index contributed by atoms with van der Waals surface area (Å²) in [6, 6.07) is 8.91. The fourth-order valence-corrected chi connectivity index (χ4v) is 2.24. The van der Waals surface area contributed by atoms with Crippen LogP contribution in [-0.2, 0) is 6.42 Å². The third-order valence-electron chi connectivity index (χ3n) is 3.73. The Balaban J connectivity index is 2.12. The van der Waals surface area contributed by atoms with Crippen molar-refractivity contribution in [3.8, 4) is 0 Å². The summed E-state index contributed by atoms with van der Waals surface area (Å²) in [5.74, 6) is 0. The molecule has 4 heteroatoms. The molecule has 0 aliphatic heterocycles. The van der Waals surface area contributed by atoms with E-state index in [2.05, 4.69) is 53.6 Å². The topological polar surface area (TPSA) is 42.7 Å². The molecule has 2 rings (SSSR count). The van der Waals surface area contributed by atoms with Gasteiger partial charge in [0.2, 0.25) is 0 Å². The zero-order chi connectivity index (χ0) is 14.5. The fourth-order valence-electron chi connectivity index (χ4n) is 2.24. The van der Waals surface area contributed by atoms with Crippen LogP contribution in [-0.4, -0.2) is 21.8 Å². The van der Waals surface area contributed by atoms with Gasteiger partial charge in [-0.25, -0.2) is 0 Å². The first-order valence-electron chi connectivity index (χ1n) is 7.29. The average molecular weight is 272 g/mol. The van der Waals surface area contributed by atoms with Gasteiger partial charge in [-0.1, -0.05) is 13.0 Å². The van der Waals surface area contributed by atoms with Gasteiger partial charge in [0.25, 0.3) is 0 Å². The van der Waals surface area contributed by atoms with Crippen LogP contribution in [0.1, 0.15) is 49.4 Å². The van der Waals surface area contributed by atoms with E-state index < -0.39 is 0 Å². The number of rotatable bonds is 6. The van der Waals surface area contributed by atoms with E-state index in [-0.39, 0.29) is 6.04 Å². The van der Waals surface area contributed by atoms with Crippen molar-refractivity contribution in [2.24, 2.45) is 0 Å². The molecule has 0 fully saturated rings. The third kappa shape index (κ3) is 3.45. The molecule has 0 bridgehead atoms. The second-order valence-corrected chi connectivity index (χ2v) is 5.29. The van der Waals surface area contributed by atoms with Gasteiger partial charge in [-0.3, -0.25) is 9.67 Å². The minimum absolute atomic E-state index is 0.204. The molecular formula is C16H24N4. The molecule has 0 amide bonds. The number of hydrogen-bond acceptors (Lipinski definition) is 3. The zero-order valence-corrected chi connectivity index (χ0v) is 12.8. The lowest BCUT2D eigenvalue weighted by molar-refractivity contribution is 0.468. The first kappa shape index (κ1) is 14.7. The van der Waals surface area contributed by atoms with E-state index in [1.165, 1.54) is 0 Å². The summed E-state index contributed by atoms with van der Waals surface area (Å²) in [5, 5.41) is 8.00. The van der Waals surface area contributed by atoms with Crippen LogP contribution >= 0.6 is 0 Å². The number of nitrogens with one attached hydrogen (secondary N) is 1. The van der Waals surface area contributed by atoms with Crippen molar-refractivity contribution in [3.05, 3.63) is 47.5 Å². The van der Waals surface area contributed by atoms with Gasteiger partial charge in [0.05, 0.1) is 17.4 Å².